The van der Waals surface area contributed by atoms with E-state index in [2.05, 4.69) is 27.7 Å². The van der Waals surface area contributed by atoms with Crippen LogP contribution in [0.3, 0.4) is 0 Å². The van der Waals surface area contributed by atoms with Crippen molar-refractivity contribution in [1.29, 1.82) is 0 Å². The third kappa shape index (κ3) is 64.0. The third-order valence-electron chi connectivity index (χ3n) is 17.9. The fraction of sp³-hybridized carbons (Fsp3) is 1.00. The highest BCUT2D eigenvalue weighted by Crippen LogP contribution is 2.61. The van der Waals surface area contributed by atoms with Crippen LogP contribution in [0.1, 0.15) is 439 Å². The lowest BCUT2D eigenvalue weighted by Gasteiger charge is -2.28. The Morgan fingerprint density at radius 1 is 0.122 bits per heavy atom. The number of halogens is 1. The molecule has 0 aliphatic carbocycles. The normalized spacial score (nSPS) is 11.8. The van der Waals surface area contributed by atoms with E-state index in [1.54, 1.807) is 50.3 Å². The molecule has 0 radical (unpaired) electrons. The molecule has 0 N–H and O–H groups in total. The van der Waals surface area contributed by atoms with Crippen LogP contribution < -0.4 is 24.0 Å². The van der Waals surface area contributed by atoms with Gasteiger partial charge in [0.05, 0.1) is 24.6 Å². The van der Waals surface area contributed by atoms with Gasteiger partial charge in [-0.1, -0.05) is 387 Å². The Kier molecular flexibility index (Phi) is 73.3. The molecule has 0 amide bonds. The minimum atomic E-state index is -0.849. The molecule has 0 aliphatic rings. The van der Waals surface area contributed by atoms with Crippen LogP contribution in [0.5, 0.6) is 0 Å². The second-order valence-electron chi connectivity index (χ2n) is 25.4. The van der Waals surface area contributed by atoms with Gasteiger partial charge >= 0.3 is 0 Å². The van der Waals surface area contributed by atoms with Gasteiger partial charge in [-0.3, -0.25) is 0 Å². The SMILES string of the molecule is CCCCCCCCCCCCCCCCCC[P+](CCCCCCCCCCCCCCCCCC)(CCCCCCCCCCCCCCCCCC)CCCCCCCCCCCCCCCCCC.[I-]. The molecule has 0 rings (SSSR count). The van der Waals surface area contributed by atoms with Gasteiger partial charge in [-0.15, -0.1) is 0 Å². The second kappa shape index (κ2) is 70.3. The van der Waals surface area contributed by atoms with Gasteiger partial charge in [0.15, 0.2) is 0 Å². The number of hydrogen-bond acceptors (Lipinski definition) is 0. The Bertz CT molecular complexity index is 783. The Morgan fingerprint density at radius 2 is 0.203 bits per heavy atom. The fourth-order valence-corrected chi connectivity index (χ4v) is 17.6. The topological polar surface area (TPSA) is 0 Å². The smallest absolute Gasteiger partial charge is 0.0594 e. The minimum absolute atomic E-state index is 0. The molecule has 0 aromatic carbocycles. The standard InChI is InChI=1S/C72H148P.HI/c1-5-9-13-17-21-25-29-33-37-41-45-49-53-57-61-65-69-73(70-66-62-58-54-50-46-42-38-34-30-26-22-18-14-10-6-2,71-67-63-59-55-51-47-43-39-35-31-27-23-19-15-11-7-3)72-68-64-60-56-52-48-44-40-36-32-28-24-20-16-12-8-4;/h5-72H2,1-4H3;1H/q+1;/p-1. The molecule has 0 saturated heterocycles. The maximum Gasteiger partial charge on any atom is 0.0594 e. The van der Waals surface area contributed by atoms with E-state index >= 15 is 0 Å². The summed E-state index contributed by atoms with van der Waals surface area (Å²) in [4.78, 5) is 0. The van der Waals surface area contributed by atoms with Crippen LogP contribution in [0.25, 0.3) is 0 Å². The second-order valence-corrected chi connectivity index (χ2v) is 29.9. The van der Waals surface area contributed by atoms with Crippen LogP contribution in [-0.4, -0.2) is 24.6 Å². The number of unbranched alkanes of at least 4 members (excludes halogenated alkanes) is 60. The summed E-state index contributed by atoms with van der Waals surface area (Å²) in [5.74, 6) is 0. The van der Waals surface area contributed by atoms with Gasteiger partial charge in [0.2, 0.25) is 0 Å². The zero-order valence-electron chi connectivity index (χ0n) is 52.9. The first-order valence-corrected chi connectivity index (χ1v) is 38.6. The van der Waals surface area contributed by atoms with Crippen molar-refractivity contribution in [2.24, 2.45) is 0 Å². The first-order valence-electron chi connectivity index (χ1n) is 36.1. The van der Waals surface area contributed by atoms with Crippen LogP contribution >= 0.6 is 7.26 Å². The van der Waals surface area contributed by atoms with E-state index in [4.69, 9.17) is 0 Å². The van der Waals surface area contributed by atoms with Gasteiger partial charge in [-0.05, 0) is 51.4 Å². The molecule has 0 unspecified atom stereocenters. The summed E-state index contributed by atoms with van der Waals surface area (Å²) >= 11 is 0. The molecule has 0 heterocycles. The van der Waals surface area contributed by atoms with Gasteiger partial charge in [0, 0.05) is 7.26 Å². The maximum absolute atomic E-state index is 2.33. The van der Waals surface area contributed by atoms with Gasteiger partial charge in [-0.25, -0.2) is 0 Å². The molecule has 0 saturated carbocycles. The van der Waals surface area contributed by atoms with Crippen molar-refractivity contribution in [3.05, 3.63) is 0 Å². The first-order chi connectivity index (χ1) is 36.2. The van der Waals surface area contributed by atoms with E-state index in [1.165, 1.54) is 385 Å². The lowest BCUT2D eigenvalue weighted by atomic mass is 10.0. The van der Waals surface area contributed by atoms with E-state index in [9.17, 15) is 0 Å². The molecule has 0 bridgehead atoms. The van der Waals surface area contributed by atoms with Crippen molar-refractivity contribution in [2.45, 2.75) is 439 Å². The average Bonchev–Trinajstić information content (AvgIpc) is 3.40. The van der Waals surface area contributed by atoms with Crippen molar-refractivity contribution < 1.29 is 24.0 Å². The average molecular weight is 1170 g/mol. The van der Waals surface area contributed by atoms with Crippen molar-refractivity contribution >= 4 is 7.26 Å². The predicted octanol–water partition coefficient (Wildman–Crippen LogP) is 25.1. The molecule has 0 atom stereocenters. The molecule has 0 nitrogen and oxygen atoms in total. The van der Waals surface area contributed by atoms with Gasteiger partial charge in [-0.2, -0.15) is 0 Å². The summed E-state index contributed by atoms with van der Waals surface area (Å²) < 4.78 is 0. The molecule has 0 spiro atoms. The first kappa shape index (κ1) is 77.2. The fourth-order valence-electron chi connectivity index (χ4n) is 12.7. The van der Waals surface area contributed by atoms with Gasteiger partial charge < -0.3 is 24.0 Å². The highest BCUT2D eigenvalue weighted by Gasteiger charge is 2.35. The zero-order valence-corrected chi connectivity index (χ0v) is 56.0. The van der Waals surface area contributed by atoms with Crippen LogP contribution in [0.2, 0.25) is 0 Å². The summed E-state index contributed by atoms with van der Waals surface area (Å²) in [5.41, 5.74) is 0. The molecule has 0 fully saturated rings. The molecule has 0 aromatic heterocycles. The maximum atomic E-state index is 2.33. The molecular formula is C72H148IP. The van der Waals surface area contributed by atoms with Crippen LogP contribution in [0.15, 0.2) is 0 Å². The molecule has 0 aliphatic heterocycles. The van der Waals surface area contributed by atoms with Gasteiger partial charge in [0.1, 0.15) is 0 Å². The van der Waals surface area contributed by atoms with E-state index in [0.717, 1.165) is 0 Å². The Labute approximate surface area is 491 Å². The lowest BCUT2D eigenvalue weighted by molar-refractivity contribution is -0.0000162. The molecule has 74 heavy (non-hydrogen) atoms. The molecule has 448 valence electrons. The van der Waals surface area contributed by atoms with Crippen LogP contribution in [0.4, 0.5) is 0 Å². The Morgan fingerprint density at radius 3 is 0.297 bits per heavy atom. The molecular weight excluding hydrogens is 1020 g/mol. The van der Waals surface area contributed by atoms with Gasteiger partial charge in [0.25, 0.3) is 0 Å². The number of hydrogen-bond donors (Lipinski definition) is 0. The molecule has 2 heteroatoms. The lowest BCUT2D eigenvalue weighted by Crippen LogP contribution is -3.00. The predicted molar refractivity (Wildman–Crippen MR) is 345 cm³/mol. The monoisotopic (exact) mass is 1170 g/mol. The van der Waals surface area contributed by atoms with Crippen molar-refractivity contribution in [3.63, 3.8) is 0 Å². The summed E-state index contributed by atoms with van der Waals surface area (Å²) in [6, 6.07) is 0. The summed E-state index contributed by atoms with van der Waals surface area (Å²) in [5, 5.41) is 0. The Hall–Kier alpha value is 1.16. The highest BCUT2D eigenvalue weighted by atomic mass is 127. The zero-order chi connectivity index (χ0) is 52.6. The molecule has 0 aromatic rings. The van der Waals surface area contributed by atoms with Crippen LogP contribution in [0, 0.1) is 0 Å². The quantitative estimate of drug-likeness (QED) is 0.0323. The minimum Gasteiger partial charge on any atom is -1.00 e. The summed E-state index contributed by atoms with van der Waals surface area (Å²) in [7, 11) is -0.849. The van der Waals surface area contributed by atoms with E-state index in [-0.39, 0.29) is 24.0 Å². The summed E-state index contributed by atoms with van der Waals surface area (Å²) in [6.07, 6.45) is 102. The number of rotatable bonds is 68. The van der Waals surface area contributed by atoms with Crippen LogP contribution in [-0.2, 0) is 0 Å². The van der Waals surface area contributed by atoms with Crippen molar-refractivity contribution in [1.82, 2.24) is 0 Å². The highest BCUT2D eigenvalue weighted by molar-refractivity contribution is 7.75. The largest absolute Gasteiger partial charge is 1.00 e. The van der Waals surface area contributed by atoms with E-state index < -0.39 is 7.26 Å². The summed E-state index contributed by atoms with van der Waals surface area (Å²) in [6.45, 7) is 9.34. The van der Waals surface area contributed by atoms with E-state index in [1.807, 2.05) is 0 Å². The van der Waals surface area contributed by atoms with Crippen molar-refractivity contribution in [3.8, 4) is 0 Å². The third-order valence-corrected chi connectivity index (χ3v) is 23.0. The Balaban J connectivity index is 0. The van der Waals surface area contributed by atoms with E-state index in [0.29, 0.717) is 0 Å². The van der Waals surface area contributed by atoms with Crippen molar-refractivity contribution in [2.75, 3.05) is 24.6 Å².